The lowest BCUT2D eigenvalue weighted by Crippen LogP contribution is -2.01. The first kappa shape index (κ1) is 14.3. The van der Waals surface area contributed by atoms with Crippen LogP contribution in [0.2, 0.25) is 5.02 Å². The Labute approximate surface area is 120 Å². The van der Waals surface area contributed by atoms with Gasteiger partial charge in [0.05, 0.1) is 12.7 Å². The number of benzene rings is 2. The highest BCUT2D eigenvalue weighted by molar-refractivity contribution is 6.30. The van der Waals surface area contributed by atoms with Gasteiger partial charge >= 0.3 is 0 Å². The molecule has 104 valence electrons. The van der Waals surface area contributed by atoms with Crippen molar-refractivity contribution in [3.8, 4) is 11.5 Å². The molecule has 2 aromatic carbocycles. The second-order valence-electron chi connectivity index (χ2n) is 4.05. The van der Waals surface area contributed by atoms with Crippen LogP contribution in [-0.4, -0.2) is 13.4 Å². The highest BCUT2D eigenvalue weighted by Gasteiger charge is 2.10. The number of hydrogen-bond donors (Lipinski definition) is 0. The van der Waals surface area contributed by atoms with Gasteiger partial charge in [-0.25, -0.2) is 4.39 Å². The standard InChI is InChI=1S/C15H12ClFO3/c1-19-15-7-10(8-18)14(17)6-11(15)9-20-13-4-2-12(16)3-5-13/h2-8H,9H2,1H3. The SMILES string of the molecule is COc1cc(C=O)c(F)cc1COc1ccc(Cl)cc1. The van der Waals surface area contributed by atoms with E-state index in [9.17, 15) is 9.18 Å². The van der Waals surface area contributed by atoms with Crippen molar-refractivity contribution < 1.29 is 18.7 Å². The summed E-state index contributed by atoms with van der Waals surface area (Å²) in [7, 11) is 1.45. The Bertz CT molecular complexity index is 611. The van der Waals surface area contributed by atoms with Crippen LogP contribution < -0.4 is 9.47 Å². The lowest BCUT2D eigenvalue weighted by molar-refractivity contribution is 0.111. The topological polar surface area (TPSA) is 35.5 Å². The summed E-state index contributed by atoms with van der Waals surface area (Å²) in [5, 5.41) is 0.608. The first-order valence-corrected chi connectivity index (χ1v) is 6.22. The predicted molar refractivity (Wildman–Crippen MR) is 74.1 cm³/mol. The molecule has 0 N–H and O–H groups in total. The molecule has 0 aliphatic carbocycles. The minimum absolute atomic E-state index is 0.0444. The number of hydrogen-bond acceptors (Lipinski definition) is 3. The molecule has 0 amide bonds. The van der Waals surface area contributed by atoms with Gasteiger partial charge in [0.25, 0.3) is 0 Å². The lowest BCUT2D eigenvalue weighted by Gasteiger charge is -2.11. The quantitative estimate of drug-likeness (QED) is 0.785. The fraction of sp³-hybridized carbons (Fsp3) is 0.133. The molecule has 0 unspecified atom stereocenters. The highest BCUT2D eigenvalue weighted by Crippen LogP contribution is 2.24. The summed E-state index contributed by atoms with van der Waals surface area (Å²) in [5.41, 5.74) is 0.475. The van der Waals surface area contributed by atoms with Crippen molar-refractivity contribution in [2.24, 2.45) is 0 Å². The van der Waals surface area contributed by atoms with Crippen molar-refractivity contribution in [2.45, 2.75) is 6.61 Å². The first-order valence-electron chi connectivity index (χ1n) is 5.84. The molecule has 0 radical (unpaired) electrons. The van der Waals surface area contributed by atoms with Gasteiger partial charge in [-0.2, -0.15) is 0 Å². The van der Waals surface area contributed by atoms with Crippen LogP contribution in [0.1, 0.15) is 15.9 Å². The maximum Gasteiger partial charge on any atom is 0.153 e. The number of ether oxygens (including phenoxy) is 2. The monoisotopic (exact) mass is 294 g/mol. The zero-order valence-electron chi connectivity index (χ0n) is 10.7. The molecule has 0 saturated carbocycles. The molecule has 0 aliphatic heterocycles. The number of carbonyl (C=O) groups is 1. The van der Waals surface area contributed by atoms with E-state index in [0.29, 0.717) is 28.4 Å². The fourth-order valence-electron chi connectivity index (χ4n) is 1.70. The van der Waals surface area contributed by atoms with Gasteiger partial charge in [0.2, 0.25) is 0 Å². The van der Waals surface area contributed by atoms with Crippen LogP contribution in [0.4, 0.5) is 4.39 Å². The largest absolute Gasteiger partial charge is 0.496 e. The second kappa shape index (κ2) is 6.39. The Balaban J connectivity index is 2.18. The number of rotatable bonds is 5. The third-order valence-corrected chi connectivity index (χ3v) is 2.99. The van der Waals surface area contributed by atoms with Crippen molar-refractivity contribution in [1.82, 2.24) is 0 Å². The van der Waals surface area contributed by atoms with E-state index in [-0.39, 0.29) is 12.2 Å². The Hall–Kier alpha value is -2.07. The molecular formula is C15H12ClFO3. The van der Waals surface area contributed by atoms with Crippen LogP contribution in [-0.2, 0) is 6.61 Å². The Morgan fingerprint density at radius 1 is 1.25 bits per heavy atom. The fourth-order valence-corrected chi connectivity index (χ4v) is 1.82. The van der Waals surface area contributed by atoms with E-state index in [0.717, 1.165) is 0 Å². The van der Waals surface area contributed by atoms with Crippen molar-refractivity contribution in [1.29, 1.82) is 0 Å². The molecule has 20 heavy (non-hydrogen) atoms. The van der Waals surface area contributed by atoms with Crippen LogP contribution >= 0.6 is 11.6 Å². The molecule has 0 atom stereocenters. The number of halogens is 2. The maximum atomic E-state index is 13.6. The van der Waals surface area contributed by atoms with E-state index in [4.69, 9.17) is 21.1 Å². The van der Waals surface area contributed by atoms with Crippen LogP contribution in [0.3, 0.4) is 0 Å². The van der Waals surface area contributed by atoms with E-state index in [2.05, 4.69) is 0 Å². The zero-order valence-corrected chi connectivity index (χ0v) is 11.5. The molecule has 0 heterocycles. The second-order valence-corrected chi connectivity index (χ2v) is 4.48. The highest BCUT2D eigenvalue weighted by atomic mass is 35.5. The van der Waals surface area contributed by atoms with Gasteiger partial charge in [0, 0.05) is 10.6 Å². The molecule has 0 aliphatic rings. The van der Waals surface area contributed by atoms with Crippen LogP contribution in [0.25, 0.3) is 0 Å². The molecule has 0 spiro atoms. The molecule has 2 aromatic rings. The third-order valence-electron chi connectivity index (χ3n) is 2.73. The predicted octanol–water partition coefficient (Wildman–Crippen LogP) is 3.88. The summed E-state index contributed by atoms with van der Waals surface area (Å²) in [6, 6.07) is 9.41. The molecule has 0 bridgehead atoms. The van der Waals surface area contributed by atoms with Gasteiger partial charge in [-0.1, -0.05) is 11.6 Å². The molecule has 5 heteroatoms. The van der Waals surface area contributed by atoms with Crippen LogP contribution in [0.15, 0.2) is 36.4 Å². The minimum Gasteiger partial charge on any atom is -0.496 e. The lowest BCUT2D eigenvalue weighted by atomic mass is 10.1. The summed E-state index contributed by atoms with van der Waals surface area (Å²) in [4.78, 5) is 10.7. The van der Waals surface area contributed by atoms with E-state index >= 15 is 0 Å². The van der Waals surface area contributed by atoms with Crippen molar-refractivity contribution >= 4 is 17.9 Å². The Kier molecular flexibility index (Phi) is 4.58. The summed E-state index contributed by atoms with van der Waals surface area (Å²) in [6.07, 6.45) is 0.446. The number of carbonyl (C=O) groups excluding carboxylic acids is 1. The number of methoxy groups -OCH3 is 1. The van der Waals surface area contributed by atoms with Crippen LogP contribution in [0.5, 0.6) is 11.5 Å². The van der Waals surface area contributed by atoms with Crippen LogP contribution in [0, 0.1) is 5.82 Å². The van der Waals surface area contributed by atoms with Gasteiger partial charge in [-0.05, 0) is 36.4 Å². The first-order chi connectivity index (χ1) is 9.63. The maximum absolute atomic E-state index is 13.6. The summed E-state index contributed by atoms with van der Waals surface area (Å²) >= 11 is 5.77. The van der Waals surface area contributed by atoms with Gasteiger partial charge < -0.3 is 9.47 Å². The van der Waals surface area contributed by atoms with E-state index in [1.54, 1.807) is 24.3 Å². The zero-order chi connectivity index (χ0) is 14.5. The van der Waals surface area contributed by atoms with Crippen molar-refractivity contribution in [3.63, 3.8) is 0 Å². The molecule has 0 aromatic heterocycles. The summed E-state index contributed by atoms with van der Waals surface area (Å²) in [6.45, 7) is 0.126. The van der Waals surface area contributed by atoms with Crippen molar-refractivity contribution in [3.05, 3.63) is 58.4 Å². The smallest absolute Gasteiger partial charge is 0.153 e. The van der Waals surface area contributed by atoms with E-state index in [1.165, 1.54) is 19.2 Å². The van der Waals surface area contributed by atoms with Gasteiger partial charge in [-0.3, -0.25) is 4.79 Å². The third kappa shape index (κ3) is 3.27. The molecular weight excluding hydrogens is 283 g/mol. The van der Waals surface area contributed by atoms with Gasteiger partial charge in [0.1, 0.15) is 23.9 Å². The van der Waals surface area contributed by atoms with Gasteiger partial charge in [0.15, 0.2) is 6.29 Å². The number of aldehydes is 1. The Morgan fingerprint density at radius 3 is 2.55 bits per heavy atom. The molecule has 2 rings (SSSR count). The molecule has 0 fully saturated rings. The summed E-state index contributed by atoms with van der Waals surface area (Å²) in [5.74, 6) is 0.411. The van der Waals surface area contributed by atoms with E-state index < -0.39 is 5.82 Å². The Morgan fingerprint density at radius 2 is 1.95 bits per heavy atom. The normalized spacial score (nSPS) is 10.2. The summed E-state index contributed by atoms with van der Waals surface area (Å²) < 4.78 is 24.2. The average molecular weight is 295 g/mol. The van der Waals surface area contributed by atoms with Gasteiger partial charge in [-0.15, -0.1) is 0 Å². The molecule has 0 saturated heterocycles. The minimum atomic E-state index is -0.601. The van der Waals surface area contributed by atoms with E-state index in [1.807, 2.05) is 0 Å². The van der Waals surface area contributed by atoms with Crippen molar-refractivity contribution in [2.75, 3.05) is 7.11 Å². The molecule has 3 nitrogen and oxygen atoms in total. The average Bonchev–Trinajstić information content (AvgIpc) is 2.46.